The number of ether oxygens (including phenoxy) is 1. The van der Waals surface area contributed by atoms with Gasteiger partial charge in [0.05, 0.1) is 18.1 Å². The van der Waals surface area contributed by atoms with Gasteiger partial charge in [0.25, 0.3) is 0 Å². The minimum Gasteiger partial charge on any atom is -0.465 e. The molecule has 0 spiro atoms. The van der Waals surface area contributed by atoms with Crippen molar-refractivity contribution in [3.63, 3.8) is 0 Å². The summed E-state index contributed by atoms with van der Waals surface area (Å²) in [6, 6.07) is 10.2. The molecule has 0 radical (unpaired) electrons. The second-order valence-electron chi connectivity index (χ2n) is 7.39. The maximum Gasteiger partial charge on any atom is 0.312 e. The van der Waals surface area contributed by atoms with Crippen molar-refractivity contribution in [2.24, 2.45) is 11.8 Å². The van der Waals surface area contributed by atoms with Crippen LogP contribution in [0.15, 0.2) is 30.3 Å². The van der Waals surface area contributed by atoms with E-state index in [-0.39, 0.29) is 17.8 Å². The predicted molar refractivity (Wildman–Crippen MR) is 91.1 cm³/mol. The number of cyclic esters (lactones) is 1. The van der Waals surface area contributed by atoms with Crippen LogP contribution in [-0.4, -0.2) is 20.9 Å². The highest BCUT2D eigenvalue weighted by Crippen LogP contribution is 2.46. The summed E-state index contributed by atoms with van der Waals surface area (Å²) in [5, 5.41) is 0. The Kier molecular flexibility index (Phi) is 5.13. The Hall–Kier alpha value is -1.13. The van der Waals surface area contributed by atoms with Crippen LogP contribution in [0.25, 0.3) is 0 Å². The number of rotatable bonds is 5. The molecule has 2 atom stereocenters. The van der Waals surface area contributed by atoms with Gasteiger partial charge in [-0.1, -0.05) is 44.2 Å². The van der Waals surface area contributed by atoms with Crippen molar-refractivity contribution in [2.45, 2.75) is 51.9 Å². The van der Waals surface area contributed by atoms with Gasteiger partial charge < -0.3 is 9.16 Å². The Morgan fingerprint density at radius 1 is 1.23 bits per heavy atom. The second kappa shape index (κ2) is 6.55. The third kappa shape index (κ3) is 3.44. The summed E-state index contributed by atoms with van der Waals surface area (Å²) in [7, 11) is -1.86. The van der Waals surface area contributed by atoms with Crippen molar-refractivity contribution in [3.05, 3.63) is 35.9 Å². The monoisotopic (exact) mass is 320 g/mol. The number of carbonyl (C=O) groups excluding carboxylic acids is 1. The fraction of sp³-hybridized carbons (Fsp3) is 0.611. The van der Waals surface area contributed by atoms with Crippen molar-refractivity contribution >= 4 is 14.3 Å². The Bertz CT molecular complexity index is 507. The number of carbonyl (C=O) groups is 1. The molecule has 22 heavy (non-hydrogen) atoms. The Morgan fingerprint density at radius 2 is 1.86 bits per heavy atom. The molecule has 0 saturated carbocycles. The van der Waals surface area contributed by atoms with Crippen LogP contribution in [0.3, 0.4) is 0 Å². The Balaban J connectivity index is 2.57. The van der Waals surface area contributed by atoms with Gasteiger partial charge in [-0.2, -0.15) is 0 Å². The normalized spacial score (nSPS) is 22.3. The van der Waals surface area contributed by atoms with E-state index in [9.17, 15) is 4.79 Å². The molecule has 1 aromatic rings. The molecule has 2 unspecified atom stereocenters. The first-order chi connectivity index (χ1) is 10.3. The minimum absolute atomic E-state index is 0.109. The molecule has 4 heteroatoms. The molecule has 1 heterocycles. The van der Waals surface area contributed by atoms with E-state index in [1.807, 2.05) is 18.2 Å². The summed E-state index contributed by atoms with van der Waals surface area (Å²) in [4.78, 5) is 12.5. The topological polar surface area (TPSA) is 35.5 Å². The molecule has 0 aliphatic carbocycles. The first-order valence-electron chi connectivity index (χ1n) is 8.19. The minimum atomic E-state index is -1.86. The third-order valence-electron chi connectivity index (χ3n) is 4.24. The largest absolute Gasteiger partial charge is 0.465 e. The molecule has 0 amide bonds. The van der Waals surface area contributed by atoms with Crippen molar-refractivity contribution in [1.82, 2.24) is 0 Å². The quantitative estimate of drug-likeness (QED) is 0.598. The first-order valence-corrected chi connectivity index (χ1v) is 11.6. The molecule has 0 N–H and O–H groups in total. The summed E-state index contributed by atoms with van der Waals surface area (Å²) in [6.45, 7) is 11.4. The Morgan fingerprint density at radius 3 is 2.36 bits per heavy atom. The zero-order valence-electron chi connectivity index (χ0n) is 14.4. The van der Waals surface area contributed by atoms with Gasteiger partial charge in [0, 0.05) is 0 Å². The van der Waals surface area contributed by atoms with Gasteiger partial charge >= 0.3 is 5.97 Å². The van der Waals surface area contributed by atoms with Gasteiger partial charge in [0.2, 0.25) is 0 Å². The number of benzene rings is 1. The lowest BCUT2D eigenvalue weighted by molar-refractivity contribution is -0.169. The summed E-state index contributed by atoms with van der Waals surface area (Å²) in [6.07, 6.45) is 1.74. The van der Waals surface area contributed by atoms with Crippen LogP contribution in [0.2, 0.25) is 19.6 Å². The maximum absolute atomic E-state index is 12.5. The highest BCUT2D eigenvalue weighted by molar-refractivity contribution is 6.69. The molecular weight excluding hydrogens is 292 g/mol. The average Bonchev–Trinajstić information content (AvgIpc) is 2.45. The molecule has 3 nitrogen and oxygen atoms in total. The summed E-state index contributed by atoms with van der Waals surface area (Å²) < 4.78 is 12.1. The zero-order valence-corrected chi connectivity index (χ0v) is 15.4. The third-order valence-corrected chi connectivity index (χ3v) is 5.19. The van der Waals surface area contributed by atoms with Crippen LogP contribution in [-0.2, 0) is 19.6 Å². The van der Waals surface area contributed by atoms with Crippen molar-refractivity contribution < 1.29 is 14.0 Å². The van der Waals surface area contributed by atoms with Gasteiger partial charge in [0.15, 0.2) is 8.32 Å². The van der Waals surface area contributed by atoms with Crippen LogP contribution in [0.4, 0.5) is 0 Å². The fourth-order valence-electron chi connectivity index (χ4n) is 3.46. The Labute approximate surface area is 135 Å². The molecule has 1 aliphatic heterocycles. The zero-order chi connectivity index (χ0) is 16.4. The second-order valence-corrected chi connectivity index (χ2v) is 11.8. The molecule has 1 aromatic carbocycles. The first kappa shape index (κ1) is 17.2. The van der Waals surface area contributed by atoms with Gasteiger partial charge in [-0.15, -0.1) is 0 Å². The summed E-state index contributed by atoms with van der Waals surface area (Å²) >= 11 is 0. The van der Waals surface area contributed by atoms with E-state index >= 15 is 0 Å². The van der Waals surface area contributed by atoms with E-state index < -0.39 is 13.9 Å². The van der Waals surface area contributed by atoms with Crippen molar-refractivity contribution in [1.29, 1.82) is 0 Å². The van der Waals surface area contributed by atoms with Gasteiger partial charge in [0.1, 0.15) is 0 Å². The molecule has 1 fully saturated rings. The lowest BCUT2D eigenvalue weighted by atomic mass is 9.71. The smallest absolute Gasteiger partial charge is 0.312 e. The van der Waals surface area contributed by atoms with E-state index in [1.165, 1.54) is 0 Å². The molecule has 122 valence electrons. The highest BCUT2D eigenvalue weighted by atomic mass is 28.4. The number of hydrogen-bond acceptors (Lipinski definition) is 3. The van der Waals surface area contributed by atoms with Gasteiger partial charge in [-0.25, -0.2) is 0 Å². The SMILES string of the molecule is CC(C)C(O[Si](C)(C)C)(c1ccccc1)C1CCCOC1=O. The standard InChI is InChI=1S/C18H28O3Si/c1-14(2)18(21-22(3,4)5,15-10-7-6-8-11-15)16-12-9-13-20-17(16)19/h6-8,10-11,14,16H,9,12-13H2,1-5H3. The fourth-order valence-corrected chi connectivity index (χ4v) is 4.97. The van der Waals surface area contributed by atoms with Crippen molar-refractivity contribution in [3.8, 4) is 0 Å². The van der Waals surface area contributed by atoms with Crippen molar-refractivity contribution in [2.75, 3.05) is 6.61 Å². The van der Waals surface area contributed by atoms with Gasteiger partial charge in [-0.05, 0) is 44.0 Å². The molecular formula is C18H28O3Si. The molecule has 1 aliphatic rings. The summed E-state index contributed by atoms with van der Waals surface area (Å²) in [5.74, 6) is -0.144. The van der Waals surface area contributed by atoms with E-state index in [2.05, 4.69) is 45.6 Å². The van der Waals surface area contributed by atoms with Crippen LogP contribution < -0.4 is 0 Å². The van der Waals surface area contributed by atoms with Crippen LogP contribution in [0.1, 0.15) is 32.3 Å². The molecule has 0 aromatic heterocycles. The number of esters is 1. The molecule has 0 bridgehead atoms. The predicted octanol–water partition coefficient (Wildman–Crippen LogP) is 4.34. The molecule has 2 rings (SSSR count). The average molecular weight is 321 g/mol. The van der Waals surface area contributed by atoms with E-state index in [4.69, 9.17) is 9.16 Å². The van der Waals surface area contributed by atoms with E-state index in [0.29, 0.717) is 6.61 Å². The lowest BCUT2D eigenvalue weighted by Gasteiger charge is -2.48. The van der Waals surface area contributed by atoms with Crippen LogP contribution in [0, 0.1) is 11.8 Å². The van der Waals surface area contributed by atoms with E-state index in [0.717, 1.165) is 18.4 Å². The van der Waals surface area contributed by atoms with Crippen LogP contribution >= 0.6 is 0 Å². The summed E-state index contributed by atoms with van der Waals surface area (Å²) in [5.41, 5.74) is 0.500. The van der Waals surface area contributed by atoms with Gasteiger partial charge in [-0.3, -0.25) is 4.79 Å². The maximum atomic E-state index is 12.5. The van der Waals surface area contributed by atoms with E-state index in [1.54, 1.807) is 0 Å². The highest BCUT2D eigenvalue weighted by Gasteiger charge is 2.51. The lowest BCUT2D eigenvalue weighted by Crippen LogP contribution is -2.53. The van der Waals surface area contributed by atoms with Crippen LogP contribution in [0.5, 0.6) is 0 Å². The molecule has 1 saturated heterocycles. The number of hydrogen-bond donors (Lipinski definition) is 0.